The molecule has 3 nitrogen and oxygen atoms in total. The van der Waals surface area contributed by atoms with Gasteiger partial charge in [-0.2, -0.15) is 0 Å². The third-order valence-electron chi connectivity index (χ3n) is 3.89. The molecule has 0 aliphatic carbocycles. The SMILES string of the molecule is CCC(=O)CCCN1CCN(c2ccccc2Cl)CC1. The van der Waals surface area contributed by atoms with Gasteiger partial charge in [-0.05, 0) is 25.1 Å². The number of carbonyl (C=O) groups excluding carboxylic acids is 1. The molecule has 1 aromatic rings. The number of halogens is 1. The van der Waals surface area contributed by atoms with Crippen molar-refractivity contribution < 1.29 is 4.79 Å². The molecular formula is C16H23ClN2O. The molecule has 0 spiro atoms. The van der Waals surface area contributed by atoms with Gasteiger partial charge in [-0.1, -0.05) is 30.7 Å². The summed E-state index contributed by atoms with van der Waals surface area (Å²) in [6.45, 7) is 7.07. The highest BCUT2D eigenvalue weighted by atomic mass is 35.5. The van der Waals surface area contributed by atoms with Gasteiger partial charge in [0, 0.05) is 39.0 Å². The highest BCUT2D eigenvalue weighted by Crippen LogP contribution is 2.25. The van der Waals surface area contributed by atoms with E-state index < -0.39 is 0 Å². The van der Waals surface area contributed by atoms with Crippen molar-refractivity contribution in [1.29, 1.82) is 0 Å². The van der Waals surface area contributed by atoms with E-state index in [4.69, 9.17) is 11.6 Å². The second-order valence-corrected chi connectivity index (χ2v) is 5.68. The molecule has 1 heterocycles. The number of ketones is 1. The second kappa shape index (κ2) is 7.65. The Balaban J connectivity index is 1.75. The minimum atomic E-state index is 0.375. The summed E-state index contributed by atoms with van der Waals surface area (Å²) in [5, 5.41) is 0.828. The average molecular weight is 295 g/mol. The zero-order valence-corrected chi connectivity index (χ0v) is 12.9. The minimum Gasteiger partial charge on any atom is -0.368 e. The maximum atomic E-state index is 11.3. The summed E-state index contributed by atoms with van der Waals surface area (Å²) < 4.78 is 0. The van der Waals surface area contributed by atoms with Gasteiger partial charge in [-0.15, -0.1) is 0 Å². The van der Waals surface area contributed by atoms with E-state index in [2.05, 4.69) is 15.9 Å². The van der Waals surface area contributed by atoms with Crippen molar-refractivity contribution in [3.05, 3.63) is 29.3 Å². The standard InChI is InChI=1S/C16H23ClN2O/c1-2-14(20)6-5-9-18-10-12-19(13-11-18)16-8-4-3-7-15(16)17/h3-4,7-8H,2,5-6,9-13H2,1H3. The van der Waals surface area contributed by atoms with Crippen molar-refractivity contribution in [2.45, 2.75) is 26.2 Å². The Morgan fingerprint density at radius 3 is 2.55 bits per heavy atom. The average Bonchev–Trinajstić information content (AvgIpc) is 2.48. The number of benzene rings is 1. The normalized spacial score (nSPS) is 16.4. The van der Waals surface area contributed by atoms with Crippen LogP contribution < -0.4 is 4.90 Å². The number of Topliss-reactive ketones (excluding diaryl/α,β-unsaturated/α-hetero) is 1. The molecule has 4 heteroatoms. The number of anilines is 1. The summed E-state index contributed by atoms with van der Waals surface area (Å²) in [6.07, 6.45) is 2.38. The van der Waals surface area contributed by atoms with Gasteiger partial charge in [0.25, 0.3) is 0 Å². The van der Waals surface area contributed by atoms with Gasteiger partial charge < -0.3 is 4.90 Å². The van der Waals surface area contributed by atoms with Crippen LogP contribution in [0.15, 0.2) is 24.3 Å². The third-order valence-corrected chi connectivity index (χ3v) is 4.21. The van der Waals surface area contributed by atoms with Crippen molar-refractivity contribution in [3.8, 4) is 0 Å². The number of piperazine rings is 1. The van der Waals surface area contributed by atoms with Crippen molar-refractivity contribution in [1.82, 2.24) is 4.90 Å². The lowest BCUT2D eigenvalue weighted by atomic mass is 10.1. The molecule has 1 aliphatic rings. The molecule has 1 saturated heterocycles. The van der Waals surface area contributed by atoms with Gasteiger partial charge in [0.05, 0.1) is 10.7 Å². The zero-order chi connectivity index (χ0) is 14.4. The van der Waals surface area contributed by atoms with Crippen LogP contribution in [0, 0.1) is 0 Å². The van der Waals surface area contributed by atoms with E-state index in [1.165, 1.54) is 0 Å². The van der Waals surface area contributed by atoms with Crippen LogP contribution in [-0.2, 0) is 4.79 Å². The number of hydrogen-bond donors (Lipinski definition) is 0. The predicted molar refractivity (Wildman–Crippen MR) is 84.6 cm³/mol. The molecule has 0 atom stereocenters. The summed E-state index contributed by atoms with van der Waals surface area (Å²) >= 11 is 6.24. The number of hydrogen-bond acceptors (Lipinski definition) is 3. The quantitative estimate of drug-likeness (QED) is 0.805. The molecule has 0 unspecified atom stereocenters. The van der Waals surface area contributed by atoms with Crippen LogP contribution in [-0.4, -0.2) is 43.4 Å². The van der Waals surface area contributed by atoms with Crippen molar-refractivity contribution >= 4 is 23.1 Å². The summed E-state index contributed by atoms with van der Waals surface area (Å²) in [7, 11) is 0. The maximum absolute atomic E-state index is 11.3. The van der Waals surface area contributed by atoms with Crippen LogP contribution >= 0.6 is 11.6 Å². The first-order valence-electron chi connectivity index (χ1n) is 7.44. The Morgan fingerprint density at radius 2 is 1.90 bits per heavy atom. The number of para-hydroxylation sites is 1. The van der Waals surface area contributed by atoms with Crippen LogP contribution in [0.1, 0.15) is 26.2 Å². The van der Waals surface area contributed by atoms with E-state index in [0.29, 0.717) is 12.2 Å². The van der Waals surface area contributed by atoms with E-state index >= 15 is 0 Å². The van der Waals surface area contributed by atoms with Gasteiger partial charge in [-0.3, -0.25) is 9.69 Å². The lowest BCUT2D eigenvalue weighted by molar-refractivity contribution is -0.118. The van der Waals surface area contributed by atoms with Gasteiger partial charge in [0.1, 0.15) is 5.78 Å². The lowest BCUT2D eigenvalue weighted by Crippen LogP contribution is -2.46. The second-order valence-electron chi connectivity index (χ2n) is 5.28. The van der Waals surface area contributed by atoms with E-state index in [1.807, 2.05) is 25.1 Å². The summed E-state index contributed by atoms with van der Waals surface area (Å²) in [6, 6.07) is 8.02. The van der Waals surface area contributed by atoms with Crippen LogP contribution in [0.5, 0.6) is 0 Å². The smallest absolute Gasteiger partial charge is 0.132 e. The first-order valence-corrected chi connectivity index (χ1v) is 7.82. The monoisotopic (exact) mass is 294 g/mol. The molecule has 0 N–H and O–H groups in total. The molecule has 2 rings (SSSR count). The Bertz CT molecular complexity index is 442. The molecule has 1 fully saturated rings. The van der Waals surface area contributed by atoms with E-state index in [1.54, 1.807) is 0 Å². The summed E-state index contributed by atoms with van der Waals surface area (Å²) in [5.41, 5.74) is 1.13. The summed E-state index contributed by atoms with van der Waals surface area (Å²) in [4.78, 5) is 16.1. The van der Waals surface area contributed by atoms with Crippen LogP contribution in [0.4, 0.5) is 5.69 Å². The fourth-order valence-corrected chi connectivity index (χ4v) is 2.85. The van der Waals surface area contributed by atoms with Crippen molar-refractivity contribution in [2.75, 3.05) is 37.6 Å². The molecule has 0 amide bonds. The minimum absolute atomic E-state index is 0.375. The van der Waals surface area contributed by atoms with Gasteiger partial charge in [0.2, 0.25) is 0 Å². The van der Waals surface area contributed by atoms with Gasteiger partial charge in [0.15, 0.2) is 0 Å². The predicted octanol–water partition coefficient (Wildman–Crippen LogP) is 3.22. The number of nitrogens with zero attached hydrogens (tertiary/aromatic N) is 2. The van der Waals surface area contributed by atoms with Crippen molar-refractivity contribution in [2.24, 2.45) is 0 Å². The van der Waals surface area contributed by atoms with Crippen LogP contribution in [0.3, 0.4) is 0 Å². The molecule has 110 valence electrons. The zero-order valence-electron chi connectivity index (χ0n) is 12.1. The van der Waals surface area contributed by atoms with Crippen LogP contribution in [0.2, 0.25) is 5.02 Å². The first-order chi connectivity index (χ1) is 9.70. The Kier molecular flexibility index (Phi) is 5.86. The Labute approximate surface area is 126 Å². The van der Waals surface area contributed by atoms with Crippen molar-refractivity contribution in [3.63, 3.8) is 0 Å². The molecule has 0 bridgehead atoms. The molecular weight excluding hydrogens is 272 g/mol. The lowest BCUT2D eigenvalue weighted by Gasteiger charge is -2.36. The third kappa shape index (κ3) is 4.22. The van der Waals surface area contributed by atoms with E-state index in [-0.39, 0.29) is 0 Å². The summed E-state index contributed by atoms with van der Waals surface area (Å²) in [5.74, 6) is 0.375. The highest BCUT2D eigenvalue weighted by molar-refractivity contribution is 6.33. The largest absolute Gasteiger partial charge is 0.368 e. The molecule has 1 aromatic carbocycles. The fraction of sp³-hybridized carbons (Fsp3) is 0.562. The van der Waals surface area contributed by atoms with E-state index in [0.717, 1.165) is 56.3 Å². The number of carbonyl (C=O) groups is 1. The Morgan fingerprint density at radius 1 is 1.20 bits per heavy atom. The van der Waals surface area contributed by atoms with Gasteiger partial charge >= 0.3 is 0 Å². The molecule has 1 aliphatic heterocycles. The highest BCUT2D eigenvalue weighted by Gasteiger charge is 2.18. The first kappa shape index (κ1) is 15.3. The topological polar surface area (TPSA) is 23.6 Å². The molecule has 0 aromatic heterocycles. The van der Waals surface area contributed by atoms with Gasteiger partial charge in [-0.25, -0.2) is 0 Å². The molecule has 20 heavy (non-hydrogen) atoms. The van der Waals surface area contributed by atoms with Crippen LogP contribution in [0.25, 0.3) is 0 Å². The maximum Gasteiger partial charge on any atom is 0.132 e. The van der Waals surface area contributed by atoms with E-state index in [9.17, 15) is 4.79 Å². The number of rotatable bonds is 6. The molecule has 0 saturated carbocycles. The fourth-order valence-electron chi connectivity index (χ4n) is 2.60. The molecule has 0 radical (unpaired) electrons. The Hall–Kier alpha value is -1.06.